The summed E-state index contributed by atoms with van der Waals surface area (Å²) < 4.78 is 49.5. The van der Waals surface area contributed by atoms with E-state index < -0.39 is 34.4 Å². The monoisotopic (exact) mass is 438 g/mol. The van der Waals surface area contributed by atoms with Gasteiger partial charge in [0.1, 0.15) is 5.75 Å². The molecule has 0 radical (unpaired) electrons. The number of carbonyl (C=O) groups is 3. The molecule has 0 unspecified atom stereocenters. The minimum absolute atomic E-state index is 0.0986. The SMILES string of the molecule is COc1cc(C=C2SC(=O)NC2=O)ccc1Oc1ccc(C(F)(F)F)cc1C(N)=O. The zero-order chi connectivity index (χ0) is 22.1. The maximum Gasteiger partial charge on any atom is 0.416 e. The molecule has 30 heavy (non-hydrogen) atoms. The average molecular weight is 438 g/mol. The van der Waals surface area contributed by atoms with E-state index >= 15 is 0 Å². The van der Waals surface area contributed by atoms with E-state index in [0.717, 1.165) is 23.9 Å². The first-order chi connectivity index (χ1) is 14.1. The van der Waals surface area contributed by atoms with Crippen LogP contribution in [0.15, 0.2) is 41.3 Å². The third kappa shape index (κ3) is 4.57. The van der Waals surface area contributed by atoms with Crippen LogP contribution in [0.4, 0.5) is 18.0 Å². The number of amides is 3. The number of hydrogen-bond donors (Lipinski definition) is 2. The molecule has 2 aromatic rings. The van der Waals surface area contributed by atoms with Gasteiger partial charge in [-0.2, -0.15) is 13.2 Å². The third-order valence-corrected chi connectivity index (χ3v) is 4.73. The Morgan fingerprint density at radius 3 is 2.37 bits per heavy atom. The Morgan fingerprint density at radius 2 is 1.80 bits per heavy atom. The smallest absolute Gasteiger partial charge is 0.416 e. The van der Waals surface area contributed by atoms with Crippen molar-refractivity contribution in [2.75, 3.05) is 7.11 Å². The molecule has 2 aromatic carbocycles. The van der Waals surface area contributed by atoms with Gasteiger partial charge in [0.05, 0.1) is 23.1 Å². The fraction of sp³-hybridized carbons (Fsp3) is 0.105. The summed E-state index contributed by atoms with van der Waals surface area (Å²) in [6, 6.07) is 6.83. The molecular weight excluding hydrogens is 425 g/mol. The largest absolute Gasteiger partial charge is 0.493 e. The number of ether oxygens (including phenoxy) is 2. The molecule has 1 heterocycles. The van der Waals surface area contributed by atoms with Crippen molar-refractivity contribution in [1.29, 1.82) is 0 Å². The summed E-state index contributed by atoms with van der Waals surface area (Å²) in [5, 5.41) is 1.64. The van der Waals surface area contributed by atoms with Crippen molar-refractivity contribution in [3.63, 3.8) is 0 Å². The van der Waals surface area contributed by atoms with Crippen molar-refractivity contribution in [2.24, 2.45) is 5.73 Å². The van der Waals surface area contributed by atoms with Crippen molar-refractivity contribution in [3.8, 4) is 17.2 Å². The molecule has 0 bridgehead atoms. The number of thioether (sulfide) groups is 1. The Balaban J connectivity index is 1.94. The number of benzene rings is 2. The summed E-state index contributed by atoms with van der Waals surface area (Å²) >= 11 is 0.743. The Labute approximate surface area is 172 Å². The highest BCUT2D eigenvalue weighted by Crippen LogP contribution is 2.37. The van der Waals surface area contributed by atoms with E-state index in [1.54, 1.807) is 0 Å². The lowest BCUT2D eigenvalue weighted by atomic mass is 10.1. The van der Waals surface area contributed by atoms with Gasteiger partial charge in [0, 0.05) is 0 Å². The van der Waals surface area contributed by atoms with E-state index in [9.17, 15) is 27.6 Å². The number of methoxy groups -OCH3 is 1. The lowest BCUT2D eigenvalue weighted by molar-refractivity contribution is -0.137. The first kappa shape index (κ1) is 21.2. The summed E-state index contributed by atoms with van der Waals surface area (Å²) in [6.07, 6.45) is -3.19. The summed E-state index contributed by atoms with van der Waals surface area (Å²) in [5.74, 6) is -1.53. The van der Waals surface area contributed by atoms with Crippen molar-refractivity contribution < 1.29 is 37.0 Å². The highest BCUT2D eigenvalue weighted by Gasteiger charge is 2.32. The van der Waals surface area contributed by atoms with E-state index in [1.807, 2.05) is 0 Å². The maximum atomic E-state index is 12.9. The molecule has 0 atom stereocenters. The molecule has 0 spiro atoms. The van der Waals surface area contributed by atoms with Crippen LogP contribution >= 0.6 is 11.8 Å². The number of halogens is 3. The average Bonchev–Trinajstić information content (AvgIpc) is 2.98. The number of nitrogens with two attached hydrogens (primary N) is 1. The second-order valence-electron chi connectivity index (χ2n) is 5.94. The molecule has 11 heteroatoms. The molecule has 1 aliphatic heterocycles. The molecular formula is C19H13F3N2O5S. The van der Waals surface area contributed by atoms with Gasteiger partial charge in [0.2, 0.25) is 0 Å². The normalized spacial score (nSPS) is 15.3. The zero-order valence-corrected chi connectivity index (χ0v) is 16.0. The van der Waals surface area contributed by atoms with Gasteiger partial charge in [0.15, 0.2) is 11.5 Å². The second kappa shape index (κ2) is 8.11. The lowest BCUT2D eigenvalue weighted by Gasteiger charge is -2.15. The van der Waals surface area contributed by atoms with Gasteiger partial charge >= 0.3 is 6.18 Å². The number of alkyl halides is 3. The first-order valence-corrected chi connectivity index (χ1v) is 9.02. The topological polar surface area (TPSA) is 108 Å². The summed E-state index contributed by atoms with van der Waals surface area (Å²) in [7, 11) is 1.33. The Kier molecular flexibility index (Phi) is 5.74. The van der Waals surface area contributed by atoms with Crippen LogP contribution in [0.25, 0.3) is 6.08 Å². The van der Waals surface area contributed by atoms with Gasteiger partial charge in [-0.15, -0.1) is 0 Å². The van der Waals surface area contributed by atoms with E-state index in [1.165, 1.54) is 31.4 Å². The van der Waals surface area contributed by atoms with E-state index in [0.29, 0.717) is 11.6 Å². The van der Waals surface area contributed by atoms with Gasteiger partial charge in [-0.25, -0.2) is 0 Å². The minimum Gasteiger partial charge on any atom is -0.493 e. The highest BCUT2D eigenvalue weighted by molar-refractivity contribution is 8.18. The second-order valence-corrected chi connectivity index (χ2v) is 6.95. The predicted molar refractivity (Wildman–Crippen MR) is 102 cm³/mol. The Hall–Kier alpha value is -3.47. The molecule has 0 saturated carbocycles. The number of carbonyl (C=O) groups excluding carboxylic acids is 3. The molecule has 156 valence electrons. The van der Waals surface area contributed by atoms with Crippen molar-refractivity contribution in [1.82, 2.24) is 5.32 Å². The van der Waals surface area contributed by atoms with E-state index in [2.05, 4.69) is 5.32 Å². The van der Waals surface area contributed by atoms with E-state index in [-0.39, 0.29) is 22.2 Å². The first-order valence-electron chi connectivity index (χ1n) is 8.20. The number of hydrogen-bond acceptors (Lipinski definition) is 6. The molecule has 3 N–H and O–H groups in total. The molecule has 1 aliphatic rings. The highest BCUT2D eigenvalue weighted by atomic mass is 32.2. The summed E-state index contributed by atoms with van der Waals surface area (Å²) in [6.45, 7) is 0. The van der Waals surface area contributed by atoms with Gasteiger partial charge in [-0.3, -0.25) is 19.7 Å². The summed E-state index contributed by atoms with van der Waals surface area (Å²) in [5.41, 5.74) is 4.22. The van der Waals surface area contributed by atoms with Gasteiger partial charge in [-0.1, -0.05) is 6.07 Å². The molecule has 1 saturated heterocycles. The van der Waals surface area contributed by atoms with Gasteiger partial charge in [0.25, 0.3) is 17.1 Å². The van der Waals surface area contributed by atoms with Crippen LogP contribution in [0.2, 0.25) is 0 Å². The fourth-order valence-electron chi connectivity index (χ4n) is 2.54. The molecule has 3 amide bonds. The number of imide groups is 1. The van der Waals surface area contributed by atoms with Crippen LogP contribution in [0, 0.1) is 0 Å². The summed E-state index contributed by atoms with van der Waals surface area (Å²) in [4.78, 5) is 34.7. The van der Waals surface area contributed by atoms with Crippen LogP contribution in [-0.2, 0) is 11.0 Å². The molecule has 0 aliphatic carbocycles. The van der Waals surface area contributed by atoms with Crippen LogP contribution in [0.1, 0.15) is 21.5 Å². The van der Waals surface area contributed by atoms with Crippen molar-refractivity contribution >= 4 is 34.9 Å². The number of rotatable bonds is 5. The number of nitrogens with one attached hydrogen (secondary N) is 1. The predicted octanol–water partition coefficient (Wildman–Crippen LogP) is 3.93. The van der Waals surface area contributed by atoms with Crippen LogP contribution in [0.3, 0.4) is 0 Å². The maximum absolute atomic E-state index is 12.9. The fourth-order valence-corrected chi connectivity index (χ4v) is 3.22. The molecule has 1 fully saturated rings. The van der Waals surface area contributed by atoms with Crippen LogP contribution < -0.4 is 20.5 Å². The number of primary amides is 1. The van der Waals surface area contributed by atoms with Gasteiger partial charge < -0.3 is 15.2 Å². The van der Waals surface area contributed by atoms with Crippen molar-refractivity contribution in [2.45, 2.75) is 6.18 Å². The van der Waals surface area contributed by atoms with Crippen molar-refractivity contribution in [3.05, 3.63) is 58.0 Å². The zero-order valence-electron chi connectivity index (χ0n) is 15.2. The molecule has 0 aromatic heterocycles. The van der Waals surface area contributed by atoms with Crippen LogP contribution in [0.5, 0.6) is 17.2 Å². The Bertz CT molecular complexity index is 1080. The quantitative estimate of drug-likeness (QED) is 0.685. The molecule has 7 nitrogen and oxygen atoms in total. The Morgan fingerprint density at radius 1 is 1.10 bits per heavy atom. The molecule has 3 rings (SSSR count). The van der Waals surface area contributed by atoms with Crippen LogP contribution in [-0.4, -0.2) is 24.2 Å². The standard InChI is InChI=1S/C19H13F3N2O5S/c1-28-14-6-9(7-15-17(26)24-18(27)30-15)2-4-13(14)29-12-5-3-10(19(20,21)22)8-11(12)16(23)25/h2-8H,1H3,(H2,23,25)(H,24,26,27). The third-order valence-electron chi connectivity index (χ3n) is 3.92. The lowest BCUT2D eigenvalue weighted by Crippen LogP contribution is -2.17. The van der Waals surface area contributed by atoms with Gasteiger partial charge in [-0.05, 0) is 53.7 Å². The van der Waals surface area contributed by atoms with E-state index in [4.69, 9.17) is 15.2 Å². The minimum atomic E-state index is -4.65.